The Balaban J connectivity index is 1.83. The third-order valence-corrected chi connectivity index (χ3v) is 6.24. The lowest BCUT2D eigenvalue weighted by atomic mass is 9.75. The second-order valence-corrected chi connectivity index (χ2v) is 8.52. The van der Waals surface area contributed by atoms with E-state index in [1.165, 1.54) is 0 Å². The third kappa shape index (κ3) is 5.76. The van der Waals surface area contributed by atoms with E-state index in [4.69, 9.17) is 4.74 Å². The molecule has 1 N–H and O–H groups in total. The van der Waals surface area contributed by atoms with Gasteiger partial charge in [0.15, 0.2) is 0 Å². The maximum Gasteiger partial charge on any atom is 0.130 e. The van der Waals surface area contributed by atoms with Crippen LogP contribution in [0.2, 0.25) is 0 Å². The van der Waals surface area contributed by atoms with E-state index in [9.17, 15) is 5.11 Å². The van der Waals surface area contributed by atoms with Crippen LogP contribution in [0.1, 0.15) is 70.4 Å². The van der Waals surface area contributed by atoms with E-state index in [2.05, 4.69) is 44.5 Å². The van der Waals surface area contributed by atoms with Gasteiger partial charge in [0.1, 0.15) is 11.2 Å². The van der Waals surface area contributed by atoms with Crippen LogP contribution in [0.4, 0.5) is 0 Å². The van der Waals surface area contributed by atoms with Crippen molar-refractivity contribution in [3.05, 3.63) is 71.8 Å². The summed E-state index contributed by atoms with van der Waals surface area (Å²) in [6, 6.07) is 19.8. The molecule has 30 heavy (non-hydrogen) atoms. The fourth-order valence-corrected chi connectivity index (χ4v) is 3.73. The Kier molecular flexibility index (Phi) is 7.04. The minimum absolute atomic E-state index is 0.226. The maximum absolute atomic E-state index is 11.1. The van der Waals surface area contributed by atoms with Crippen molar-refractivity contribution >= 4 is 0 Å². The molecule has 0 heterocycles. The Bertz CT molecular complexity index is 926. The van der Waals surface area contributed by atoms with Crippen molar-refractivity contribution in [2.24, 2.45) is 0 Å². The Morgan fingerprint density at radius 1 is 0.800 bits per heavy atom. The smallest absolute Gasteiger partial charge is 0.130 e. The van der Waals surface area contributed by atoms with Gasteiger partial charge in [0.25, 0.3) is 0 Å². The molecule has 0 aliphatic heterocycles. The molecule has 2 aromatic rings. The molecule has 0 radical (unpaired) electrons. The lowest BCUT2D eigenvalue weighted by Crippen LogP contribution is -2.48. The van der Waals surface area contributed by atoms with Crippen LogP contribution in [-0.4, -0.2) is 21.9 Å². The Morgan fingerprint density at radius 3 is 1.73 bits per heavy atom. The molecule has 1 aliphatic rings. The van der Waals surface area contributed by atoms with Crippen LogP contribution in [0.25, 0.3) is 0 Å². The monoisotopic (exact) mass is 400 g/mol. The van der Waals surface area contributed by atoms with Gasteiger partial charge in [-0.25, -0.2) is 0 Å². The standard InChI is InChI=1S/C28H32O2/c1-4-26(3,5-2)30-28(19-17-25-14-10-7-11-15-25)22-20-27(29,21-23-28)18-16-24-12-8-6-9-13-24/h6-15,29H,4-5,20-23H2,1-3H3. The number of aliphatic hydroxyl groups is 1. The van der Waals surface area contributed by atoms with Crippen molar-refractivity contribution in [1.29, 1.82) is 0 Å². The Labute approximate surface area is 181 Å². The van der Waals surface area contributed by atoms with Crippen molar-refractivity contribution in [2.45, 2.75) is 76.1 Å². The third-order valence-electron chi connectivity index (χ3n) is 6.24. The number of rotatable bonds is 4. The fourth-order valence-electron chi connectivity index (χ4n) is 3.73. The second-order valence-electron chi connectivity index (χ2n) is 8.52. The molecule has 0 spiro atoms. The van der Waals surface area contributed by atoms with Gasteiger partial charge in [0, 0.05) is 11.1 Å². The van der Waals surface area contributed by atoms with Crippen LogP contribution in [0.5, 0.6) is 0 Å². The fraction of sp³-hybridized carbons (Fsp3) is 0.429. The molecule has 2 heteroatoms. The molecule has 1 fully saturated rings. The summed E-state index contributed by atoms with van der Waals surface area (Å²) in [5.74, 6) is 13.0. The Hall–Kier alpha value is -2.52. The molecule has 0 aromatic heterocycles. The van der Waals surface area contributed by atoms with E-state index in [0.29, 0.717) is 25.7 Å². The van der Waals surface area contributed by atoms with Gasteiger partial charge in [0.05, 0.1) is 5.60 Å². The molecule has 1 saturated carbocycles. The van der Waals surface area contributed by atoms with Crippen molar-refractivity contribution in [3.8, 4) is 23.7 Å². The van der Waals surface area contributed by atoms with E-state index in [1.807, 2.05) is 60.7 Å². The minimum Gasteiger partial charge on any atom is -0.378 e. The van der Waals surface area contributed by atoms with E-state index in [1.54, 1.807) is 0 Å². The van der Waals surface area contributed by atoms with Crippen LogP contribution in [-0.2, 0) is 4.74 Å². The molecule has 1 aliphatic carbocycles. The molecule has 0 atom stereocenters. The predicted molar refractivity (Wildman–Crippen MR) is 123 cm³/mol. The molecule has 2 nitrogen and oxygen atoms in total. The van der Waals surface area contributed by atoms with Gasteiger partial charge in [-0.1, -0.05) is 73.9 Å². The predicted octanol–water partition coefficient (Wildman–Crippen LogP) is 5.73. The highest BCUT2D eigenvalue weighted by molar-refractivity contribution is 5.38. The van der Waals surface area contributed by atoms with Crippen LogP contribution in [0.3, 0.4) is 0 Å². The number of ether oxygens (including phenoxy) is 1. The summed E-state index contributed by atoms with van der Waals surface area (Å²) < 4.78 is 6.71. The van der Waals surface area contributed by atoms with Gasteiger partial charge in [-0.15, -0.1) is 0 Å². The average Bonchev–Trinajstić information content (AvgIpc) is 2.80. The van der Waals surface area contributed by atoms with Gasteiger partial charge in [-0.2, -0.15) is 0 Å². The SMILES string of the molecule is CCC(C)(CC)OC1(C#Cc2ccccc2)CCC(O)(C#Cc2ccccc2)CC1. The zero-order valence-electron chi connectivity index (χ0n) is 18.4. The zero-order chi connectivity index (χ0) is 21.5. The highest BCUT2D eigenvalue weighted by Gasteiger charge is 2.44. The average molecular weight is 401 g/mol. The zero-order valence-corrected chi connectivity index (χ0v) is 18.4. The Morgan fingerprint density at radius 2 is 1.27 bits per heavy atom. The molecule has 3 rings (SSSR count). The minimum atomic E-state index is -0.994. The maximum atomic E-state index is 11.1. The summed E-state index contributed by atoms with van der Waals surface area (Å²) in [6.07, 6.45) is 4.30. The van der Waals surface area contributed by atoms with Crippen LogP contribution >= 0.6 is 0 Å². The normalized spacial score (nSPS) is 23.6. The quantitative estimate of drug-likeness (QED) is 0.664. The molecule has 0 saturated heterocycles. The molecule has 0 bridgehead atoms. The molecule has 0 amide bonds. The van der Waals surface area contributed by atoms with Crippen molar-refractivity contribution in [1.82, 2.24) is 0 Å². The first-order chi connectivity index (χ1) is 14.4. The summed E-state index contributed by atoms with van der Waals surface area (Å²) in [5, 5.41) is 11.1. The largest absolute Gasteiger partial charge is 0.378 e. The van der Waals surface area contributed by atoms with Crippen molar-refractivity contribution in [2.75, 3.05) is 0 Å². The van der Waals surface area contributed by atoms with E-state index >= 15 is 0 Å². The van der Waals surface area contributed by atoms with Gasteiger partial charge in [-0.05, 0) is 69.7 Å². The first kappa shape index (κ1) is 22.2. The first-order valence-corrected chi connectivity index (χ1v) is 11.0. The summed E-state index contributed by atoms with van der Waals surface area (Å²) in [5.41, 5.74) is 0.132. The lowest BCUT2D eigenvalue weighted by Gasteiger charge is -2.44. The van der Waals surface area contributed by atoms with E-state index in [0.717, 1.165) is 24.0 Å². The van der Waals surface area contributed by atoms with Gasteiger partial charge in [0.2, 0.25) is 0 Å². The van der Waals surface area contributed by atoms with Gasteiger partial charge >= 0.3 is 0 Å². The molecule has 2 aromatic carbocycles. The molecule has 156 valence electrons. The van der Waals surface area contributed by atoms with E-state index < -0.39 is 11.2 Å². The summed E-state index contributed by atoms with van der Waals surface area (Å²) >= 11 is 0. The van der Waals surface area contributed by atoms with Crippen LogP contribution in [0, 0.1) is 23.7 Å². The number of hydrogen-bond acceptors (Lipinski definition) is 2. The topological polar surface area (TPSA) is 29.5 Å². The number of hydrogen-bond donors (Lipinski definition) is 1. The van der Waals surface area contributed by atoms with Crippen LogP contribution in [0.15, 0.2) is 60.7 Å². The first-order valence-electron chi connectivity index (χ1n) is 11.0. The molecular weight excluding hydrogens is 368 g/mol. The van der Waals surface area contributed by atoms with E-state index in [-0.39, 0.29) is 5.60 Å². The van der Waals surface area contributed by atoms with Crippen LogP contribution < -0.4 is 0 Å². The number of benzene rings is 2. The second kappa shape index (κ2) is 9.53. The highest BCUT2D eigenvalue weighted by atomic mass is 16.5. The van der Waals surface area contributed by atoms with Gasteiger partial charge in [-0.3, -0.25) is 0 Å². The summed E-state index contributed by atoms with van der Waals surface area (Å²) in [6.45, 7) is 6.48. The molecule has 0 unspecified atom stereocenters. The van der Waals surface area contributed by atoms with Gasteiger partial charge < -0.3 is 9.84 Å². The summed E-state index contributed by atoms with van der Waals surface area (Å²) in [7, 11) is 0. The molecular formula is C28H32O2. The highest BCUT2D eigenvalue weighted by Crippen LogP contribution is 2.40. The summed E-state index contributed by atoms with van der Waals surface area (Å²) in [4.78, 5) is 0. The lowest BCUT2D eigenvalue weighted by molar-refractivity contribution is -0.151. The van der Waals surface area contributed by atoms with Crippen molar-refractivity contribution < 1.29 is 9.84 Å². The van der Waals surface area contributed by atoms with Crippen molar-refractivity contribution in [3.63, 3.8) is 0 Å².